The zero-order valence-corrected chi connectivity index (χ0v) is 26.9. The van der Waals surface area contributed by atoms with Gasteiger partial charge in [-0.2, -0.15) is 0 Å². The number of aliphatic hydroxyl groups is 4. The summed E-state index contributed by atoms with van der Waals surface area (Å²) in [6.45, 7) is 14.6. The molecule has 1 saturated heterocycles. The second-order valence-corrected chi connectivity index (χ2v) is 16.1. The van der Waals surface area contributed by atoms with Gasteiger partial charge in [-0.15, -0.1) is 0 Å². The van der Waals surface area contributed by atoms with Crippen molar-refractivity contribution in [3.05, 3.63) is 0 Å². The van der Waals surface area contributed by atoms with Crippen molar-refractivity contribution in [2.24, 2.45) is 58.2 Å². The highest BCUT2D eigenvalue weighted by Crippen LogP contribution is 2.68. The number of hydrogen-bond donors (Lipinski definition) is 4. The summed E-state index contributed by atoms with van der Waals surface area (Å²) in [4.78, 5) is 0. The Bertz CT molecular complexity index is 864. The SMILES string of the molecule is CC[C@H](CC[C@@H](C)[C@H]1CC[C@H]2[C@@H]3CC[C@@H]4C[C@@H](O[C@@H]5O[C@H](CO)[C@@H](O)[C@H](O)[C@H]5O)CC[C@]4(C)[C@H]3CC[C@]12C)C(C)C. The van der Waals surface area contributed by atoms with Crippen molar-refractivity contribution in [1.29, 1.82) is 0 Å². The Labute approximate surface area is 250 Å². The number of fused-ring (bicyclic) bond motifs is 5. The predicted octanol–water partition coefficient (Wildman–Crippen LogP) is 5.93. The highest BCUT2D eigenvalue weighted by molar-refractivity contribution is 5.10. The molecule has 0 aromatic heterocycles. The molecule has 0 amide bonds. The molecular formula is C35H62O6. The topological polar surface area (TPSA) is 99.4 Å². The first-order chi connectivity index (χ1) is 19.4. The van der Waals surface area contributed by atoms with E-state index in [1.165, 1.54) is 57.8 Å². The number of hydrogen-bond acceptors (Lipinski definition) is 6. The molecule has 15 atom stereocenters. The zero-order chi connectivity index (χ0) is 29.7. The predicted molar refractivity (Wildman–Crippen MR) is 161 cm³/mol. The highest BCUT2D eigenvalue weighted by Gasteiger charge is 2.61. The molecule has 0 aromatic carbocycles. The van der Waals surface area contributed by atoms with Crippen molar-refractivity contribution in [3.8, 4) is 0 Å². The molecule has 5 aliphatic rings. The van der Waals surface area contributed by atoms with Crippen LogP contribution in [0.2, 0.25) is 0 Å². The van der Waals surface area contributed by atoms with Gasteiger partial charge in [-0.05, 0) is 122 Å². The molecule has 1 aliphatic heterocycles. The van der Waals surface area contributed by atoms with Crippen LogP contribution in [-0.2, 0) is 9.47 Å². The van der Waals surface area contributed by atoms with E-state index in [0.29, 0.717) is 16.7 Å². The van der Waals surface area contributed by atoms with E-state index in [0.717, 1.165) is 60.7 Å². The van der Waals surface area contributed by atoms with Crippen molar-refractivity contribution in [1.82, 2.24) is 0 Å². The van der Waals surface area contributed by atoms with E-state index < -0.39 is 37.3 Å². The van der Waals surface area contributed by atoms with Gasteiger partial charge >= 0.3 is 0 Å². The third-order valence-corrected chi connectivity index (χ3v) is 14.0. The van der Waals surface area contributed by atoms with Crippen LogP contribution in [0.15, 0.2) is 0 Å². The first-order valence-corrected chi connectivity index (χ1v) is 17.4. The van der Waals surface area contributed by atoms with Crippen molar-refractivity contribution in [3.63, 3.8) is 0 Å². The lowest BCUT2D eigenvalue weighted by atomic mass is 9.44. The summed E-state index contributed by atoms with van der Waals surface area (Å²) < 4.78 is 11.9. The first-order valence-electron chi connectivity index (χ1n) is 17.4. The summed E-state index contributed by atoms with van der Waals surface area (Å²) in [5.74, 6) is 6.51. The van der Waals surface area contributed by atoms with Crippen LogP contribution < -0.4 is 0 Å². The molecule has 0 aromatic rings. The maximum Gasteiger partial charge on any atom is 0.186 e. The molecule has 0 spiro atoms. The molecule has 0 bridgehead atoms. The largest absolute Gasteiger partial charge is 0.394 e. The minimum absolute atomic E-state index is 0.0330. The second-order valence-electron chi connectivity index (χ2n) is 16.1. The van der Waals surface area contributed by atoms with Crippen molar-refractivity contribution in [2.75, 3.05) is 6.61 Å². The number of aliphatic hydroxyl groups excluding tert-OH is 4. The van der Waals surface area contributed by atoms with E-state index in [1.54, 1.807) is 0 Å². The zero-order valence-electron chi connectivity index (χ0n) is 26.9. The standard InChI is InChI=1S/C35H62O6/c1-7-22(20(2)3)9-8-21(4)26-12-13-27-25-11-10-23-18-24(14-16-34(23,5)28(25)15-17-35(26,27)6)40-33-32(39)31(38)30(37)29(19-36)41-33/h20-33,36-39H,7-19H2,1-6H3/t21-,22-,23-,24+,25+,26-,27+,28+,29-,30-,31+,32-,33-,34+,35-/m1/s1. The molecule has 238 valence electrons. The lowest BCUT2D eigenvalue weighted by molar-refractivity contribution is -0.316. The molecule has 5 rings (SSSR count). The van der Waals surface area contributed by atoms with Gasteiger partial charge in [0, 0.05) is 0 Å². The van der Waals surface area contributed by atoms with Gasteiger partial charge in [0.05, 0.1) is 12.7 Å². The van der Waals surface area contributed by atoms with E-state index in [-0.39, 0.29) is 6.10 Å². The fourth-order valence-corrected chi connectivity index (χ4v) is 11.4. The summed E-state index contributed by atoms with van der Waals surface area (Å²) >= 11 is 0. The van der Waals surface area contributed by atoms with E-state index in [9.17, 15) is 20.4 Å². The van der Waals surface area contributed by atoms with Crippen LogP contribution in [0.1, 0.15) is 119 Å². The van der Waals surface area contributed by atoms with E-state index in [1.807, 2.05) is 0 Å². The number of ether oxygens (including phenoxy) is 2. The van der Waals surface area contributed by atoms with Crippen molar-refractivity contribution in [2.45, 2.75) is 155 Å². The van der Waals surface area contributed by atoms with E-state index in [2.05, 4.69) is 41.5 Å². The lowest BCUT2D eigenvalue weighted by Gasteiger charge is -2.61. The Kier molecular flexibility index (Phi) is 9.91. The smallest absolute Gasteiger partial charge is 0.186 e. The van der Waals surface area contributed by atoms with Crippen LogP contribution in [0.3, 0.4) is 0 Å². The maximum atomic E-state index is 10.5. The minimum atomic E-state index is -1.38. The highest BCUT2D eigenvalue weighted by atomic mass is 16.7. The summed E-state index contributed by atoms with van der Waals surface area (Å²) in [5.41, 5.74) is 0.849. The third kappa shape index (κ3) is 5.81. The summed E-state index contributed by atoms with van der Waals surface area (Å²) in [6.07, 6.45) is 9.34. The molecule has 6 nitrogen and oxygen atoms in total. The lowest BCUT2D eigenvalue weighted by Crippen LogP contribution is -2.60. The molecule has 4 saturated carbocycles. The van der Waals surface area contributed by atoms with Gasteiger partial charge in [0.15, 0.2) is 6.29 Å². The molecule has 4 N–H and O–H groups in total. The summed E-state index contributed by atoms with van der Waals surface area (Å²) in [6, 6.07) is 0. The summed E-state index contributed by atoms with van der Waals surface area (Å²) in [7, 11) is 0. The Hall–Kier alpha value is -0.240. The Morgan fingerprint density at radius 1 is 0.829 bits per heavy atom. The molecule has 6 heteroatoms. The molecule has 0 radical (unpaired) electrons. The van der Waals surface area contributed by atoms with Crippen LogP contribution in [0.5, 0.6) is 0 Å². The molecule has 5 fully saturated rings. The fourth-order valence-electron chi connectivity index (χ4n) is 11.4. The quantitative estimate of drug-likeness (QED) is 0.253. The van der Waals surface area contributed by atoms with Crippen LogP contribution in [0.4, 0.5) is 0 Å². The molecule has 0 unspecified atom stereocenters. The maximum absolute atomic E-state index is 10.5. The van der Waals surface area contributed by atoms with Gasteiger partial charge < -0.3 is 29.9 Å². The van der Waals surface area contributed by atoms with Gasteiger partial charge in [-0.1, -0.05) is 54.4 Å². The molecule has 4 aliphatic carbocycles. The molecule has 1 heterocycles. The van der Waals surface area contributed by atoms with E-state index in [4.69, 9.17) is 9.47 Å². The Balaban J connectivity index is 1.20. The van der Waals surface area contributed by atoms with Crippen molar-refractivity contribution < 1.29 is 29.9 Å². The number of rotatable bonds is 9. The van der Waals surface area contributed by atoms with Gasteiger partial charge in [0.25, 0.3) is 0 Å². The Morgan fingerprint density at radius 3 is 2.22 bits per heavy atom. The second kappa shape index (κ2) is 12.6. The van der Waals surface area contributed by atoms with Crippen LogP contribution in [0, 0.1) is 58.2 Å². The van der Waals surface area contributed by atoms with Gasteiger partial charge in [-0.3, -0.25) is 0 Å². The first kappa shape index (κ1) is 32.2. The van der Waals surface area contributed by atoms with Crippen LogP contribution in [-0.4, -0.2) is 63.8 Å². The van der Waals surface area contributed by atoms with Gasteiger partial charge in [-0.25, -0.2) is 0 Å². The monoisotopic (exact) mass is 578 g/mol. The minimum Gasteiger partial charge on any atom is -0.394 e. The van der Waals surface area contributed by atoms with Crippen LogP contribution in [0.25, 0.3) is 0 Å². The third-order valence-electron chi connectivity index (χ3n) is 14.0. The average molecular weight is 579 g/mol. The van der Waals surface area contributed by atoms with Gasteiger partial charge in [0.2, 0.25) is 0 Å². The van der Waals surface area contributed by atoms with Crippen LogP contribution >= 0.6 is 0 Å². The Morgan fingerprint density at radius 2 is 1.54 bits per heavy atom. The van der Waals surface area contributed by atoms with Gasteiger partial charge in [0.1, 0.15) is 24.4 Å². The fraction of sp³-hybridized carbons (Fsp3) is 1.00. The average Bonchev–Trinajstić information content (AvgIpc) is 3.30. The van der Waals surface area contributed by atoms with E-state index >= 15 is 0 Å². The van der Waals surface area contributed by atoms with Crippen molar-refractivity contribution >= 4 is 0 Å². The summed E-state index contributed by atoms with van der Waals surface area (Å²) in [5, 5.41) is 40.4. The molecule has 41 heavy (non-hydrogen) atoms. The molecular weight excluding hydrogens is 516 g/mol. The normalized spacial score (nSPS) is 49.7.